The number of aromatic hydroxyl groups is 1. The number of rotatable bonds is 5. The van der Waals surface area contributed by atoms with E-state index < -0.39 is 10.0 Å². The van der Waals surface area contributed by atoms with Crippen LogP contribution in [0.25, 0.3) is 22.0 Å². The SMILES string of the molecule is O=S(=O)(c1ccccc1)n1cc(Cc2ccc(-c3cccnc3)cc2)c2c(O)cccc21. The molecule has 3 aromatic carbocycles. The number of phenolic OH excluding ortho intramolecular Hbond substituents is 1. The zero-order valence-electron chi connectivity index (χ0n) is 17.1. The fourth-order valence-electron chi connectivity index (χ4n) is 3.92. The van der Waals surface area contributed by atoms with Gasteiger partial charge in [0.25, 0.3) is 10.0 Å². The van der Waals surface area contributed by atoms with Gasteiger partial charge in [-0.3, -0.25) is 4.98 Å². The van der Waals surface area contributed by atoms with Gasteiger partial charge in [-0.05, 0) is 59.0 Å². The Labute approximate surface area is 186 Å². The monoisotopic (exact) mass is 440 g/mol. The van der Waals surface area contributed by atoms with Crippen LogP contribution in [0.2, 0.25) is 0 Å². The lowest BCUT2D eigenvalue weighted by Crippen LogP contribution is -2.11. The first-order valence-electron chi connectivity index (χ1n) is 10.2. The summed E-state index contributed by atoms with van der Waals surface area (Å²) >= 11 is 0. The van der Waals surface area contributed by atoms with E-state index in [0.717, 1.165) is 22.3 Å². The van der Waals surface area contributed by atoms with E-state index in [2.05, 4.69) is 4.98 Å². The second-order valence-corrected chi connectivity index (χ2v) is 9.37. The Morgan fingerprint density at radius 3 is 2.31 bits per heavy atom. The highest BCUT2D eigenvalue weighted by Crippen LogP contribution is 2.33. The van der Waals surface area contributed by atoms with Gasteiger partial charge in [0.15, 0.2) is 0 Å². The summed E-state index contributed by atoms with van der Waals surface area (Å²) in [4.78, 5) is 4.36. The van der Waals surface area contributed by atoms with Gasteiger partial charge in [-0.2, -0.15) is 0 Å². The Morgan fingerprint density at radius 2 is 1.59 bits per heavy atom. The molecule has 0 unspecified atom stereocenters. The van der Waals surface area contributed by atoms with Gasteiger partial charge in [0.2, 0.25) is 0 Å². The minimum absolute atomic E-state index is 0.0616. The van der Waals surface area contributed by atoms with Crippen molar-refractivity contribution < 1.29 is 13.5 Å². The summed E-state index contributed by atoms with van der Waals surface area (Å²) in [6.07, 6.45) is 5.65. The Balaban J connectivity index is 1.57. The van der Waals surface area contributed by atoms with E-state index in [1.165, 1.54) is 3.97 Å². The van der Waals surface area contributed by atoms with E-state index in [4.69, 9.17) is 0 Å². The van der Waals surface area contributed by atoms with Crippen LogP contribution in [0, 0.1) is 0 Å². The van der Waals surface area contributed by atoms with Crippen LogP contribution < -0.4 is 0 Å². The molecule has 0 saturated carbocycles. The highest BCUT2D eigenvalue weighted by Gasteiger charge is 2.22. The summed E-state index contributed by atoms with van der Waals surface area (Å²) in [6, 6.07) is 25.2. The van der Waals surface area contributed by atoms with Crippen LogP contribution in [-0.4, -0.2) is 22.5 Å². The molecule has 32 heavy (non-hydrogen) atoms. The number of hydrogen-bond donors (Lipinski definition) is 1. The topological polar surface area (TPSA) is 72.2 Å². The van der Waals surface area contributed by atoms with E-state index in [0.29, 0.717) is 17.3 Å². The van der Waals surface area contributed by atoms with Gasteiger partial charge in [0.1, 0.15) is 5.75 Å². The third-order valence-corrected chi connectivity index (χ3v) is 7.18. The lowest BCUT2D eigenvalue weighted by Gasteiger charge is -2.07. The van der Waals surface area contributed by atoms with E-state index in [9.17, 15) is 13.5 Å². The molecule has 0 atom stereocenters. The molecule has 5 aromatic rings. The van der Waals surface area contributed by atoms with Crippen molar-refractivity contribution in [2.75, 3.05) is 0 Å². The predicted octanol–water partition coefficient (Wildman–Crippen LogP) is 5.24. The molecular formula is C26H20N2O3S. The number of benzene rings is 3. The third kappa shape index (κ3) is 3.55. The maximum absolute atomic E-state index is 13.3. The Hall–Kier alpha value is -3.90. The quantitative estimate of drug-likeness (QED) is 0.406. The molecule has 2 heterocycles. The molecule has 0 radical (unpaired) electrons. The van der Waals surface area contributed by atoms with Crippen LogP contribution in [-0.2, 0) is 16.4 Å². The minimum Gasteiger partial charge on any atom is -0.507 e. The number of fused-ring (bicyclic) bond motifs is 1. The fourth-order valence-corrected chi connectivity index (χ4v) is 5.33. The molecule has 0 fully saturated rings. The molecule has 0 saturated heterocycles. The maximum Gasteiger partial charge on any atom is 0.268 e. The van der Waals surface area contributed by atoms with Gasteiger partial charge in [-0.25, -0.2) is 12.4 Å². The fraction of sp³-hybridized carbons (Fsp3) is 0.0385. The Bertz CT molecular complexity index is 1490. The normalized spacial score (nSPS) is 11.6. The van der Waals surface area contributed by atoms with Gasteiger partial charge in [-0.15, -0.1) is 0 Å². The van der Waals surface area contributed by atoms with Crippen molar-refractivity contribution in [3.63, 3.8) is 0 Å². The van der Waals surface area contributed by atoms with Gasteiger partial charge in [0.05, 0.1) is 10.4 Å². The van der Waals surface area contributed by atoms with Crippen molar-refractivity contribution in [1.29, 1.82) is 0 Å². The van der Waals surface area contributed by atoms with Crippen molar-refractivity contribution in [2.45, 2.75) is 11.3 Å². The number of nitrogens with zero attached hydrogens (tertiary/aromatic N) is 2. The second-order valence-electron chi connectivity index (χ2n) is 7.55. The molecule has 0 bridgehead atoms. The second kappa shape index (κ2) is 7.98. The first-order chi connectivity index (χ1) is 15.5. The van der Waals surface area contributed by atoms with Crippen LogP contribution in [0.15, 0.2) is 108 Å². The molecule has 5 rings (SSSR count). The van der Waals surface area contributed by atoms with Crippen LogP contribution >= 0.6 is 0 Å². The largest absolute Gasteiger partial charge is 0.507 e. The number of aromatic nitrogens is 2. The first-order valence-corrected chi connectivity index (χ1v) is 11.6. The van der Waals surface area contributed by atoms with E-state index in [1.54, 1.807) is 60.9 Å². The lowest BCUT2D eigenvalue weighted by atomic mass is 10.0. The zero-order chi connectivity index (χ0) is 22.1. The van der Waals surface area contributed by atoms with E-state index in [-0.39, 0.29) is 10.6 Å². The average molecular weight is 441 g/mol. The number of phenols is 1. The van der Waals surface area contributed by atoms with Crippen molar-refractivity contribution >= 4 is 20.9 Å². The van der Waals surface area contributed by atoms with Crippen molar-refractivity contribution in [1.82, 2.24) is 8.96 Å². The standard InChI is InChI=1S/C26H20N2O3S/c29-25-10-4-9-24-26(25)22(18-28(24)32(30,31)23-7-2-1-3-8-23)16-19-11-13-20(14-12-19)21-6-5-15-27-17-21/h1-15,17-18,29H,16H2. The molecule has 0 aliphatic rings. The highest BCUT2D eigenvalue weighted by molar-refractivity contribution is 7.90. The Morgan fingerprint density at radius 1 is 0.812 bits per heavy atom. The molecule has 1 N–H and O–H groups in total. The average Bonchev–Trinajstić information content (AvgIpc) is 3.21. The summed E-state index contributed by atoms with van der Waals surface area (Å²) in [5, 5.41) is 11.1. The number of hydrogen-bond acceptors (Lipinski definition) is 4. The van der Waals surface area contributed by atoms with Crippen LogP contribution in [0.5, 0.6) is 5.75 Å². The van der Waals surface area contributed by atoms with Crippen LogP contribution in [0.4, 0.5) is 0 Å². The number of pyridine rings is 1. The molecule has 0 amide bonds. The molecule has 0 aliphatic carbocycles. The molecule has 0 aliphatic heterocycles. The molecule has 158 valence electrons. The minimum atomic E-state index is -3.80. The highest BCUT2D eigenvalue weighted by atomic mass is 32.2. The van der Waals surface area contributed by atoms with Gasteiger partial charge in [-0.1, -0.05) is 54.6 Å². The molecule has 6 heteroatoms. The van der Waals surface area contributed by atoms with Crippen LogP contribution in [0.3, 0.4) is 0 Å². The maximum atomic E-state index is 13.3. The summed E-state index contributed by atoms with van der Waals surface area (Å²) < 4.78 is 27.9. The van der Waals surface area contributed by atoms with Crippen molar-refractivity contribution in [3.8, 4) is 16.9 Å². The third-order valence-electron chi connectivity index (χ3n) is 5.50. The zero-order valence-corrected chi connectivity index (χ0v) is 17.9. The molecule has 2 aromatic heterocycles. The predicted molar refractivity (Wildman–Crippen MR) is 125 cm³/mol. The van der Waals surface area contributed by atoms with Crippen molar-refractivity contribution in [2.24, 2.45) is 0 Å². The van der Waals surface area contributed by atoms with Gasteiger partial charge >= 0.3 is 0 Å². The van der Waals surface area contributed by atoms with E-state index in [1.807, 2.05) is 42.6 Å². The smallest absolute Gasteiger partial charge is 0.268 e. The lowest BCUT2D eigenvalue weighted by molar-refractivity contribution is 0.481. The first kappa shape index (κ1) is 20.0. The summed E-state index contributed by atoms with van der Waals surface area (Å²) in [5.74, 6) is 0.0616. The molecule has 0 spiro atoms. The summed E-state index contributed by atoms with van der Waals surface area (Å²) in [6.45, 7) is 0. The molecule has 5 nitrogen and oxygen atoms in total. The summed E-state index contributed by atoms with van der Waals surface area (Å²) in [7, 11) is -3.80. The summed E-state index contributed by atoms with van der Waals surface area (Å²) in [5.41, 5.74) is 4.29. The van der Waals surface area contributed by atoms with Gasteiger partial charge in [0, 0.05) is 24.0 Å². The van der Waals surface area contributed by atoms with Gasteiger partial charge < -0.3 is 5.11 Å². The van der Waals surface area contributed by atoms with Crippen LogP contribution in [0.1, 0.15) is 11.1 Å². The Kier molecular flexibility index (Phi) is 4.99. The van der Waals surface area contributed by atoms with E-state index >= 15 is 0 Å². The molecular weight excluding hydrogens is 420 g/mol. The van der Waals surface area contributed by atoms with Crippen molar-refractivity contribution in [3.05, 3.63) is 115 Å².